The molecule has 1 aliphatic rings. The molecule has 0 amide bonds. The molecule has 2 nitrogen and oxygen atoms in total. The Morgan fingerprint density at radius 1 is 1.24 bits per heavy atom. The maximum atomic E-state index is 10.5. The maximum Gasteiger partial charge on any atom is 0.458 e. The largest absolute Gasteiger partial charge is 0.458 e. The fourth-order valence-corrected chi connectivity index (χ4v) is 4.13. The highest BCUT2D eigenvalue weighted by Gasteiger charge is 2.45. The summed E-state index contributed by atoms with van der Waals surface area (Å²) < 4.78 is 10.5. The van der Waals surface area contributed by atoms with E-state index in [0.29, 0.717) is 17.7 Å². The van der Waals surface area contributed by atoms with Crippen LogP contribution in [0.3, 0.4) is 0 Å². The number of hydrogen-bond acceptors (Lipinski definition) is 2. The third-order valence-electron chi connectivity index (χ3n) is 4.88. The van der Waals surface area contributed by atoms with Gasteiger partial charge < -0.3 is 4.90 Å². The SMILES string of the molecule is CN(C)C(CCCC[S+]=O)C1(c2ccc(Cl)cc2)CCC1. The molecule has 4 heteroatoms. The van der Waals surface area contributed by atoms with Crippen molar-refractivity contribution in [3.05, 3.63) is 34.9 Å². The van der Waals surface area contributed by atoms with Crippen LogP contribution in [0.5, 0.6) is 0 Å². The van der Waals surface area contributed by atoms with Crippen molar-refractivity contribution in [1.82, 2.24) is 4.90 Å². The van der Waals surface area contributed by atoms with Gasteiger partial charge in [-0.1, -0.05) is 30.2 Å². The van der Waals surface area contributed by atoms with Gasteiger partial charge in [-0.3, -0.25) is 0 Å². The van der Waals surface area contributed by atoms with Crippen molar-refractivity contribution in [2.24, 2.45) is 0 Å². The lowest BCUT2D eigenvalue weighted by molar-refractivity contribution is 0.0884. The van der Waals surface area contributed by atoms with Gasteiger partial charge in [-0.2, -0.15) is 0 Å². The first-order valence-corrected chi connectivity index (χ1v) is 9.06. The molecule has 1 aromatic rings. The van der Waals surface area contributed by atoms with E-state index in [2.05, 4.69) is 31.1 Å². The number of hydrogen-bond donors (Lipinski definition) is 0. The summed E-state index contributed by atoms with van der Waals surface area (Å²) >= 11 is 6.75. The van der Waals surface area contributed by atoms with Gasteiger partial charge in [0, 0.05) is 27.1 Å². The van der Waals surface area contributed by atoms with Crippen molar-refractivity contribution < 1.29 is 4.21 Å². The lowest BCUT2D eigenvalue weighted by Gasteiger charge is -2.51. The first kappa shape index (κ1) is 16.9. The van der Waals surface area contributed by atoms with Crippen molar-refractivity contribution in [2.45, 2.75) is 50.0 Å². The van der Waals surface area contributed by atoms with Crippen LogP contribution in [0.1, 0.15) is 44.1 Å². The number of rotatable bonds is 8. The smallest absolute Gasteiger partial charge is 0.306 e. The third kappa shape index (κ3) is 3.82. The molecule has 116 valence electrons. The van der Waals surface area contributed by atoms with Gasteiger partial charge in [-0.05, 0) is 57.5 Å². The van der Waals surface area contributed by atoms with E-state index in [1.165, 1.54) is 24.8 Å². The molecule has 0 radical (unpaired) electrons. The zero-order valence-electron chi connectivity index (χ0n) is 13.0. The number of benzene rings is 1. The first-order chi connectivity index (χ1) is 10.1. The summed E-state index contributed by atoms with van der Waals surface area (Å²) in [4.78, 5) is 2.37. The van der Waals surface area contributed by atoms with Gasteiger partial charge in [0.05, 0.1) is 0 Å². The molecule has 0 aromatic heterocycles. The summed E-state index contributed by atoms with van der Waals surface area (Å²) in [6.07, 6.45) is 7.14. The summed E-state index contributed by atoms with van der Waals surface area (Å²) in [7, 11) is 4.37. The van der Waals surface area contributed by atoms with E-state index in [9.17, 15) is 4.21 Å². The molecule has 1 aromatic carbocycles. The van der Waals surface area contributed by atoms with Crippen LogP contribution >= 0.6 is 11.6 Å². The van der Waals surface area contributed by atoms with Crippen LogP contribution in [0.15, 0.2) is 24.3 Å². The molecule has 0 heterocycles. The Hall–Kier alpha value is -0.510. The highest BCUT2D eigenvalue weighted by atomic mass is 35.5. The Bertz CT molecular complexity index is 456. The molecule has 1 saturated carbocycles. The van der Waals surface area contributed by atoms with Crippen LogP contribution < -0.4 is 0 Å². The van der Waals surface area contributed by atoms with Gasteiger partial charge >= 0.3 is 11.7 Å². The van der Waals surface area contributed by atoms with Crippen LogP contribution in [0, 0.1) is 0 Å². The maximum absolute atomic E-state index is 10.5. The topological polar surface area (TPSA) is 20.3 Å². The van der Waals surface area contributed by atoms with Crippen LogP contribution in [0.4, 0.5) is 0 Å². The van der Waals surface area contributed by atoms with Crippen molar-refractivity contribution in [2.75, 3.05) is 19.8 Å². The summed E-state index contributed by atoms with van der Waals surface area (Å²) in [5, 5.41) is 0.807. The van der Waals surface area contributed by atoms with E-state index in [1.54, 1.807) is 0 Å². The molecular weight excluding hydrogens is 302 g/mol. The lowest BCUT2D eigenvalue weighted by Crippen LogP contribution is -2.52. The predicted molar refractivity (Wildman–Crippen MR) is 91.2 cm³/mol. The van der Waals surface area contributed by atoms with Gasteiger partial charge in [0.25, 0.3) is 0 Å². The number of likely N-dealkylation sites (N-methyl/N-ethyl adjacent to an activating group) is 1. The minimum atomic E-state index is 0.276. The Labute approximate surface area is 137 Å². The van der Waals surface area contributed by atoms with E-state index < -0.39 is 0 Å². The summed E-state index contributed by atoms with van der Waals surface area (Å²) in [5.74, 6) is 0.730. The summed E-state index contributed by atoms with van der Waals surface area (Å²) in [6, 6.07) is 8.97. The zero-order valence-corrected chi connectivity index (χ0v) is 14.6. The average molecular weight is 327 g/mol. The Morgan fingerprint density at radius 2 is 1.90 bits per heavy atom. The van der Waals surface area contributed by atoms with Gasteiger partial charge in [0.15, 0.2) is 0 Å². The molecule has 1 fully saturated rings. The quantitative estimate of drug-likeness (QED) is 0.524. The summed E-state index contributed by atoms with van der Waals surface area (Å²) in [6.45, 7) is 0. The molecule has 0 saturated heterocycles. The van der Waals surface area contributed by atoms with Crippen molar-refractivity contribution >= 4 is 23.3 Å². The zero-order chi connectivity index (χ0) is 15.3. The average Bonchev–Trinajstić information content (AvgIpc) is 2.41. The number of unbranched alkanes of at least 4 members (excludes halogenated alkanes) is 1. The fourth-order valence-electron chi connectivity index (χ4n) is 3.68. The standard InChI is InChI=1S/C17H25ClNOS/c1-19(2)16(6-3-4-13-21-20)17(11-5-12-17)14-7-9-15(18)10-8-14/h7-10,16H,3-6,11-13H2,1-2H3/q+1. The molecule has 0 bridgehead atoms. The van der Waals surface area contributed by atoms with Crippen molar-refractivity contribution in [1.29, 1.82) is 0 Å². The van der Waals surface area contributed by atoms with Gasteiger partial charge in [-0.15, -0.1) is 0 Å². The molecule has 2 rings (SSSR count). The molecule has 21 heavy (non-hydrogen) atoms. The monoisotopic (exact) mass is 326 g/mol. The lowest BCUT2D eigenvalue weighted by atomic mass is 9.59. The van der Waals surface area contributed by atoms with Crippen molar-refractivity contribution in [3.8, 4) is 0 Å². The predicted octanol–water partition coefficient (Wildman–Crippen LogP) is 4.29. The van der Waals surface area contributed by atoms with Gasteiger partial charge in [0.2, 0.25) is 5.75 Å². The second-order valence-corrected chi connectivity index (χ2v) is 7.39. The normalized spacial score (nSPS) is 18.3. The minimum Gasteiger partial charge on any atom is -0.306 e. The Kier molecular flexibility index (Phi) is 6.15. The van der Waals surface area contributed by atoms with E-state index in [-0.39, 0.29) is 5.41 Å². The highest BCUT2D eigenvalue weighted by Crippen LogP contribution is 2.49. The highest BCUT2D eigenvalue weighted by molar-refractivity contribution is 7.65. The van der Waals surface area contributed by atoms with Gasteiger partial charge in [-0.25, -0.2) is 0 Å². The Morgan fingerprint density at radius 3 is 2.38 bits per heavy atom. The fraction of sp³-hybridized carbons (Fsp3) is 0.647. The second-order valence-electron chi connectivity index (χ2n) is 6.31. The van der Waals surface area contributed by atoms with Crippen LogP contribution in [0.2, 0.25) is 5.02 Å². The van der Waals surface area contributed by atoms with Crippen LogP contribution in [-0.4, -0.2) is 30.8 Å². The molecular formula is C17H25ClNOS+. The Balaban J connectivity index is 2.14. The molecule has 1 unspecified atom stereocenters. The van der Waals surface area contributed by atoms with E-state index in [0.717, 1.165) is 30.0 Å². The number of halogens is 1. The molecule has 0 aliphatic heterocycles. The molecule has 0 N–H and O–H groups in total. The van der Waals surface area contributed by atoms with Crippen molar-refractivity contribution in [3.63, 3.8) is 0 Å². The molecule has 1 atom stereocenters. The van der Waals surface area contributed by atoms with E-state index in [1.807, 2.05) is 12.1 Å². The van der Waals surface area contributed by atoms with Crippen LogP contribution in [-0.2, 0) is 21.3 Å². The van der Waals surface area contributed by atoms with E-state index in [4.69, 9.17) is 11.6 Å². The minimum absolute atomic E-state index is 0.276. The molecule has 0 spiro atoms. The van der Waals surface area contributed by atoms with E-state index >= 15 is 0 Å². The van der Waals surface area contributed by atoms with Crippen LogP contribution in [0.25, 0.3) is 0 Å². The molecule has 1 aliphatic carbocycles. The first-order valence-electron chi connectivity index (χ1n) is 7.77. The third-order valence-corrected chi connectivity index (χ3v) is 5.59. The number of nitrogens with zero attached hydrogens (tertiary/aromatic N) is 1. The summed E-state index contributed by atoms with van der Waals surface area (Å²) in [5.41, 5.74) is 1.70. The van der Waals surface area contributed by atoms with Gasteiger partial charge in [0.1, 0.15) is 0 Å². The second kappa shape index (κ2) is 7.66.